The molecule has 118 valence electrons. The number of rotatable bonds is 2. The number of nitrogens with one attached hydrogen (secondary N) is 1. The molecule has 0 aliphatic carbocycles. The van der Waals surface area contributed by atoms with E-state index in [1.807, 2.05) is 0 Å². The van der Waals surface area contributed by atoms with Crippen LogP contribution in [0.1, 0.15) is 16.1 Å². The van der Waals surface area contributed by atoms with Crippen LogP contribution in [0, 0.1) is 18.6 Å². The molecule has 0 radical (unpaired) electrons. The second-order valence-electron chi connectivity index (χ2n) is 5.09. The van der Waals surface area contributed by atoms with Crippen LogP contribution in [0.25, 0.3) is 22.3 Å². The van der Waals surface area contributed by atoms with Crippen LogP contribution in [0.3, 0.4) is 0 Å². The number of hydrogen-bond acceptors (Lipinski definition) is 4. The third kappa shape index (κ3) is 2.10. The van der Waals surface area contributed by atoms with E-state index in [0.717, 1.165) is 12.1 Å². The second kappa shape index (κ2) is 5.01. The van der Waals surface area contributed by atoms with Gasteiger partial charge >= 0.3 is 0 Å². The zero-order valence-electron chi connectivity index (χ0n) is 12.1. The molecule has 0 saturated heterocycles. The van der Waals surface area contributed by atoms with Crippen LogP contribution in [0.5, 0.6) is 5.75 Å². The fourth-order valence-electron chi connectivity index (χ4n) is 2.56. The Morgan fingerprint density at radius 3 is 2.48 bits per heavy atom. The molecule has 1 aromatic carbocycles. The number of halogens is 2. The van der Waals surface area contributed by atoms with Crippen molar-refractivity contribution >= 4 is 17.3 Å². The Bertz CT molecular complexity index is 998. The number of aromatic nitrogens is 3. The Kier molecular flexibility index (Phi) is 3.24. The summed E-state index contributed by atoms with van der Waals surface area (Å²) in [6.45, 7) is 1.58. The minimum Gasteiger partial charge on any atom is -0.503 e. The fourth-order valence-corrected chi connectivity index (χ4v) is 2.56. The predicted octanol–water partition coefficient (Wildman–Crippen LogP) is 2.03. The summed E-state index contributed by atoms with van der Waals surface area (Å²) in [6, 6.07) is 1.64. The first-order valence-corrected chi connectivity index (χ1v) is 6.58. The van der Waals surface area contributed by atoms with Gasteiger partial charge in [-0.15, -0.1) is 0 Å². The maximum atomic E-state index is 14.1. The van der Waals surface area contributed by atoms with Gasteiger partial charge in [0.25, 0.3) is 0 Å². The summed E-state index contributed by atoms with van der Waals surface area (Å²) in [5, 5.41) is 14.3. The molecule has 0 aliphatic heterocycles. The lowest BCUT2D eigenvalue weighted by atomic mass is 10.1. The summed E-state index contributed by atoms with van der Waals surface area (Å²) in [5.41, 5.74) is -1.40. The van der Waals surface area contributed by atoms with E-state index in [2.05, 4.69) is 10.1 Å². The topological polar surface area (TPSA) is 88.0 Å². The number of carbonyl (C=O) groups is 1. The maximum absolute atomic E-state index is 14.1. The molecule has 0 bridgehead atoms. The Balaban J connectivity index is 2.42. The summed E-state index contributed by atoms with van der Waals surface area (Å²) >= 11 is 0. The van der Waals surface area contributed by atoms with Crippen LogP contribution in [-0.4, -0.2) is 26.2 Å². The number of aryl methyl sites for hydroxylation is 2. The molecule has 2 N–H and O–H groups in total. The van der Waals surface area contributed by atoms with Crippen molar-refractivity contribution in [2.24, 2.45) is 7.05 Å². The van der Waals surface area contributed by atoms with Crippen molar-refractivity contribution in [2.75, 3.05) is 0 Å². The maximum Gasteiger partial charge on any atom is 0.235 e. The van der Waals surface area contributed by atoms with Crippen molar-refractivity contribution in [3.63, 3.8) is 0 Å². The van der Waals surface area contributed by atoms with Gasteiger partial charge < -0.3 is 10.1 Å². The van der Waals surface area contributed by atoms with Crippen LogP contribution in [-0.2, 0) is 7.05 Å². The number of fused-ring (bicyclic) bond motifs is 1. The van der Waals surface area contributed by atoms with E-state index in [0.29, 0.717) is 12.0 Å². The highest BCUT2D eigenvalue weighted by Gasteiger charge is 2.22. The van der Waals surface area contributed by atoms with Crippen LogP contribution in [0.4, 0.5) is 8.78 Å². The first kappa shape index (κ1) is 14.9. The third-order valence-electron chi connectivity index (χ3n) is 3.60. The van der Waals surface area contributed by atoms with E-state index in [9.17, 15) is 23.5 Å². The lowest BCUT2D eigenvalue weighted by Crippen LogP contribution is -2.07. The molecule has 6 nitrogen and oxygen atoms in total. The van der Waals surface area contributed by atoms with Crippen molar-refractivity contribution < 1.29 is 18.7 Å². The first-order valence-electron chi connectivity index (χ1n) is 6.58. The Labute approximate surface area is 128 Å². The van der Waals surface area contributed by atoms with E-state index in [-0.39, 0.29) is 16.6 Å². The lowest BCUT2D eigenvalue weighted by molar-refractivity contribution is 0.112. The number of pyridine rings is 1. The fraction of sp³-hybridized carbons (Fsp3) is 0.133. The summed E-state index contributed by atoms with van der Waals surface area (Å²) < 4.78 is 29.6. The lowest BCUT2D eigenvalue weighted by Gasteiger charge is -2.09. The zero-order valence-corrected chi connectivity index (χ0v) is 12.1. The summed E-state index contributed by atoms with van der Waals surface area (Å²) in [7, 11) is 1.55. The number of H-pyrrole nitrogens is 1. The quantitative estimate of drug-likeness (QED) is 0.708. The number of benzene rings is 1. The van der Waals surface area contributed by atoms with E-state index in [1.165, 1.54) is 4.68 Å². The third-order valence-corrected chi connectivity index (χ3v) is 3.60. The number of hydrogen-bond donors (Lipinski definition) is 2. The molecule has 0 amide bonds. The Morgan fingerprint density at radius 1 is 1.30 bits per heavy atom. The van der Waals surface area contributed by atoms with Crippen LogP contribution in [0.15, 0.2) is 16.9 Å². The number of aromatic hydroxyl groups is 1. The summed E-state index contributed by atoms with van der Waals surface area (Å²) in [5.74, 6) is -2.96. The van der Waals surface area contributed by atoms with Gasteiger partial charge in [0, 0.05) is 12.6 Å². The molecule has 23 heavy (non-hydrogen) atoms. The van der Waals surface area contributed by atoms with Crippen LogP contribution >= 0.6 is 0 Å². The zero-order chi connectivity index (χ0) is 16.9. The van der Waals surface area contributed by atoms with E-state index < -0.39 is 34.1 Å². The molecule has 0 unspecified atom stereocenters. The molecule has 0 saturated carbocycles. The van der Waals surface area contributed by atoms with Gasteiger partial charge in [-0.1, -0.05) is 0 Å². The number of aldehydes is 1. The van der Waals surface area contributed by atoms with Gasteiger partial charge in [0.05, 0.1) is 22.3 Å². The molecule has 0 fully saturated rings. The number of nitrogens with zero attached hydrogens (tertiary/aromatic N) is 2. The molecule has 0 spiro atoms. The van der Waals surface area contributed by atoms with Gasteiger partial charge in [-0.3, -0.25) is 14.3 Å². The largest absolute Gasteiger partial charge is 0.503 e. The summed E-state index contributed by atoms with van der Waals surface area (Å²) in [6.07, 6.45) is 0.298. The first-order chi connectivity index (χ1) is 10.8. The van der Waals surface area contributed by atoms with E-state index in [1.54, 1.807) is 14.0 Å². The summed E-state index contributed by atoms with van der Waals surface area (Å²) in [4.78, 5) is 25.6. The van der Waals surface area contributed by atoms with Gasteiger partial charge in [0.2, 0.25) is 5.43 Å². The van der Waals surface area contributed by atoms with Gasteiger partial charge in [-0.05, 0) is 19.1 Å². The number of carbonyl (C=O) groups excluding carboxylic acids is 1. The molecular weight excluding hydrogens is 308 g/mol. The molecule has 8 heteroatoms. The predicted molar refractivity (Wildman–Crippen MR) is 78.5 cm³/mol. The molecule has 2 aromatic heterocycles. The van der Waals surface area contributed by atoms with Crippen molar-refractivity contribution in [2.45, 2.75) is 6.92 Å². The average Bonchev–Trinajstić information content (AvgIpc) is 2.77. The van der Waals surface area contributed by atoms with Crippen LogP contribution in [0.2, 0.25) is 0 Å². The van der Waals surface area contributed by atoms with Crippen LogP contribution < -0.4 is 5.43 Å². The smallest absolute Gasteiger partial charge is 0.235 e. The highest BCUT2D eigenvalue weighted by molar-refractivity contribution is 5.85. The second-order valence-corrected chi connectivity index (χ2v) is 5.09. The van der Waals surface area contributed by atoms with Crippen molar-refractivity contribution in [1.29, 1.82) is 0 Å². The van der Waals surface area contributed by atoms with Gasteiger partial charge in [-0.2, -0.15) is 5.10 Å². The molecule has 3 aromatic rings. The van der Waals surface area contributed by atoms with Gasteiger partial charge in [0.15, 0.2) is 5.75 Å². The van der Waals surface area contributed by atoms with Crippen molar-refractivity contribution in [1.82, 2.24) is 14.8 Å². The minimum absolute atomic E-state index is 0.138. The highest BCUT2D eigenvalue weighted by Crippen LogP contribution is 2.32. The molecule has 3 rings (SSSR count). The van der Waals surface area contributed by atoms with Gasteiger partial charge in [-0.25, -0.2) is 8.78 Å². The molecular formula is C15H11F2N3O3. The average molecular weight is 319 g/mol. The van der Waals surface area contributed by atoms with Gasteiger partial charge in [0.1, 0.15) is 23.6 Å². The Morgan fingerprint density at radius 2 is 1.91 bits per heavy atom. The van der Waals surface area contributed by atoms with Crippen molar-refractivity contribution in [3.05, 3.63) is 45.2 Å². The monoisotopic (exact) mass is 319 g/mol. The molecule has 2 heterocycles. The SMILES string of the molecule is Cc1nn(C)c2[nH]c(-c3c(F)cc(C=O)cc3F)c(O)c(=O)c12. The Hall–Kier alpha value is -3.03. The molecule has 0 atom stereocenters. The van der Waals surface area contributed by atoms with E-state index in [4.69, 9.17) is 0 Å². The standard InChI is InChI=1S/C15H11F2N3O3/c1-6-10-13(22)14(23)12(18-15(10)20(2)19-6)11-8(16)3-7(5-21)4-9(11)17/h3-5,23H,1-2H3,(H,18,22). The molecule has 0 aliphatic rings. The van der Waals surface area contributed by atoms with E-state index >= 15 is 0 Å². The highest BCUT2D eigenvalue weighted by atomic mass is 19.1. The number of aromatic amines is 1. The minimum atomic E-state index is -1.07. The van der Waals surface area contributed by atoms with Crippen molar-refractivity contribution in [3.8, 4) is 17.0 Å². The normalized spacial score (nSPS) is 11.1.